The monoisotopic (exact) mass is 380 g/mol. The quantitative estimate of drug-likeness (QED) is 0.703. The number of benzene rings is 1. The van der Waals surface area contributed by atoms with E-state index in [1.54, 1.807) is 6.07 Å². The van der Waals surface area contributed by atoms with Crippen LogP contribution >= 0.6 is 45.8 Å². The summed E-state index contributed by atoms with van der Waals surface area (Å²) in [4.78, 5) is 0. The maximum absolute atomic E-state index is 6.15. The van der Waals surface area contributed by atoms with Crippen molar-refractivity contribution in [3.8, 4) is 0 Å². The minimum Gasteiger partial charge on any atom is -0.264 e. The molecular weight excluding hydrogens is 370 g/mol. The van der Waals surface area contributed by atoms with Gasteiger partial charge in [-0.2, -0.15) is 5.10 Å². The second-order valence-corrected chi connectivity index (χ2v) is 5.80. The van der Waals surface area contributed by atoms with E-state index in [4.69, 9.17) is 23.2 Å². The zero-order valence-electron chi connectivity index (χ0n) is 9.47. The minimum absolute atomic E-state index is 0.654. The second kappa shape index (κ2) is 5.16. The molecule has 0 bridgehead atoms. The van der Waals surface area contributed by atoms with Crippen molar-refractivity contribution in [2.24, 2.45) is 0 Å². The van der Waals surface area contributed by atoms with Gasteiger partial charge in [0.15, 0.2) is 0 Å². The SMILES string of the molecule is Cc1nn(Cc2ccc(Cl)cc2Cl)c(C)c1I. The molecule has 2 rings (SSSR count). The number of aromatic nitrogens is 2. The highest BCUT2D eigenvalue weighted by Gasteiger charge is 2.10. The average molecular weight is 381 g/mol. The Kier molecular flexibility index (Phi) is 4.00. The van der Waals surface area contributed by atoms with Gasteiger partial charge in [0.25, 0.3) is 0 Å². The van der Waals surface area contributed by atoms with Gasteiger partial charge in [-0.1, -0.05) is 29.3 Å². The van der Waals surface area contributed by atoms with Gasteiger partial charge in [-0.25, -0.2) is 0 Å². The summed E-state index contributed by atoms with van der Waals surface area (Å²) < 4.78 is 3.17. The van der Waals surface area contributed by atoms with E-state index in [0.29, 0.717) is 16.6 Å². The maximum atomic E-state index is 6.15. The molecule has 0 amide bonds. The van der Waals surface area contributed by atoms with Crippen LogP contribution in [0.25, 0.3) is 0 Å². The van der Waals surface area contributed by atoms with Crippen molar-refractivity contribution in [1.82, 2.24) is 9.78 Å². The van der Waals surface area contributed by atoms with E-state index in [1.807, 2.05) is 23.7 Å². The lowest BCUT2D eigenvalue weighted by molar-refractivity contribution is 0.659. The van der Waals surface area contributed by atoms with E-state index in [1.165, 1.54) is 3.57 Å². The molecule has 5 heteroatoms. The highest BCUT2D eigenvalue weighted by molar-refractivity contribution is 14.1. The molecule has 0 unspecified atom stereocenters. The van der Waals surface area contributed by atoms with Crippen LogP contribution in [0.1, 0.15) is 17.0 Å². The van der Waals surface area contributed by atoms with Crippen LogP contribution in [0.2, 0.25) is 10.0 Å². The van der Waals surface area contributed by atoms with Gasteiger partial charge in [-0.3, -0.25) is 4.68 Å². The Morgan fingerprint density at radius 3 is 2.53 bits per heavy atom. The highest BCUT2D eigenvalue weighted by atomic mass is 127. The van der Waals surface area contributed by atoms with E-state index in [0.717, 1.165) is 17.0 Å². The third-order valence-corrected chi connectivity index (χ3v) is 4.78. The molecule has 2 nitrogen and oxygen atoms in total. The lowest BCUT2D eigenvalue weighted by Crippen LogP contribution is -2.04. The summed E-state index contributed by atoms with van der Waals surface area (Å²) >= 11 is 14.3. The molecule has 17 heavy (non-hydrogen) atoms. The molecule has 0 aliphatic rings. The standard InChI is InChI=1S/C12H11Cl2IN2/c1-7-12(15)8(2)17(16-7)6-9-3-4-10(13)5-11(9)14/h3-5H,6H2,1-2H3. The van der Waals surface area contributed by atoms with Gasteiger partial charge in [0.05, 0.1) is 15.8 Å². The van der Waals surface area contributed by atoms with Gasteiger partial charge >= 0.3 is 0 Å². The minimum atomic E-state index is 0.654. The van der Waals surface area contributed by atoms with Gasteiger partial charge in [0, 0.05) is 15.7 Å². The van der Waals surface area contributed by atoms with Crippen LogP contribution < -0.4 is 0 Å². The first-order chi connectivity index (χ1) is 7.99. The molecule has 0 aliphatic heterocycles. The van der Waals surface area contributed by atoms with Gasteiger partial charge in [0.2, 0.25) is 0 Å². The third kappa shape index (κ3) is 2.77. The van der Waals surface area contributed by atoms with Crippen LogP contribution in [0, 0.1) is 17.4 Å². The number of aryl methyl sites for hydroxylation is 1. The molecule has 0 atom stereocenters. The number of hydrogen-bond acceptors (Lipinski definition) is 1. The van der Waals surface area contributed by atoms with Crippen LogP contribution in [-0.4, -0.2) is 9.78 Å². The second-order valence-electron chi connectivity index (χ2n) is 3.88. The fraction of sp³-hybridized carbons (Fsp3) is 0.250. The first-order valence-electron chi connectivity index (χ1n) is 5.12. The largest absolute Gasteiger partial charge is 0.264 e. The maximum Gasteiger partial charge on any atom is 0.0730 e. The number of halogens is 3. The third-order valence-electron chi connectivity index (χ3n) is 2.63. The summed E-state index contributed by atoms with van der Waals surface area (Å²) in [5, 5.41) is 5.82. The van der Waals surface area contributed by atoms with Crippen molar-refractivity contribution in [3.63, 3.8) is 0 Å². The fourth-order valence-electron chi connectivity index (χ4n) is 1.64. The molecule has 1 heterocycles. The molecule has 1 aromatic carbocycles. The molecule has 0 aliphatic carbocycles. The Balaban J connectivity index is 2.34. The van der Waals surface area contributed by atoms with E-state index >= 15 is 0 Å². The first kappa shape index (κ1) is 13.2. The zero-order chi connectivity index (χ0) is 12.6. The summed E-state index contributed by atoms with van der Waals surface area (Å²) in [6.07, 6.45) is 0. The zero-order valence-corrected chi connectivity index (χ0v) is 13.1. The molecule has 0 spiro atoms. The summed E-state index contributed by atoms with van der Waals surface area (Å²) in [6, 6.07) is 5.54. The molecule has 2 aromatic rings. The lowest BCUT2D eigenvalue weighted by atomic mass is 10.2. The Hall–Kier alpha value is -0.260. The first-order valence-corrected chi connectivity index (χ1v) is 6.96. The fourth-order valence-corrected chi connectivity index (χ4v) is 2.49. The predicted molar refractivity (Wildman–Crippen MR) is 80.0 cm³/mol. The molecule has 0 saturated carbocycles. The van der Waals surface area contributed by atoms with Crippen LogP contribution in [0.15, 0.2) is 18.2 Å². The van der Waals surface area contributed by atoms with E-state index in [-0.39, 0.29) is 0 Å². The van der Waals surface area contributed by atoms with Gasteiger partial charge in [0.1, 0.15) is 0 Å². The highest BCUT2D eigenvalue weighted by Crippen LogP contribution is 2.23. The molecule has 1 aromatic heterocycles. The van der Waals surface area contributed by atoms with Crippen molar-refractivity contribution >= 4 is 45.8 Å². The Bertz CT molecular complexity index is 564. The molecule has 0 radical (unpaired) electrons. The number of nitrogens with zero attached hydrogens (tertiary/aromatic N) is 2. The summed E-state index contributed by atoms with van der Waals surface area (Å²) in [5.41, 5.74) is 3.24. The molecule has 0 fully saturated rings. The van der Waals surface area contributed by atoms with Crippen LogP contribution in [0.5, 0.6) is 0 Å². The summed E-state index contributed by atoms with van der Waals surface area (Å²) in [5.74, 6) is 0. The average Bonchev–Trinajstić information content (AvgIpc) is 2.50. The van der Waals surface area contributed by atoms with E-state index in [9.17, 15) is 0 Å². The van der Waals surface area contributed by atoms with Gasteiger partial charge in [-0.05, 0) is 54.1 Å². The summed E-state index contributed by atoms with van der Waals surface area (Å²) in [7, 11) is 0. The number of hydrogen-bond donors (Lipinski definition) is 0. The van der Waals surface area contributed by atoms with Crippen molar-refractivity contribution in [3.05, 3.63) is 48.8 Å². The van der Waals surface area contributed by atoms with E-state index < -0.39 is 0 Å². The van der Waals surface area contributed by atoms with Gasteiger partial charge < -0.3 is 0 Å². The Morgan fingerprint density at radius 1 is 1.29 bits per heavy atom. The van der Waals surface area contributed by atoms with Crippen molar-refractivity contribution < 1.29 is 0 Å². The van der Waals surface area contributed by atoms with Crippen molar-refractivity contribution in [2.45, 2.75) is 20.4 Å². The lowest BCUT2D eigenvalue weighted by Gasteiger charge is -2.07. The number of rotatable bonds is 2. The van der Waals surface area contributed by atoms with Crippen LogP contribution in [0.3, 0.4) is 0 Å². The normalized spacial score (nSPS) is 10.9. The van der Waals surface area contributed by atoms with Crippen molar-refractivity contribution in [2.75, 3.05) is 0 Å². The van der Waals surface area contributed by atoms with Crippen LogP contribution in [-0.2, 0) is 6.54 Å². The molecule has 0 N–H and O–H groups in total. The topological polar surface area (TPSA) is 17.8 Å². The van der Waals surface area contributed by atoms with Crippen molar-refractivity contribution in [1.29, 1.82) is 0 Å². The molecular formula is C12H11Cl2IN2. The van der Waals surface area contributed by atoms with Gasteiger partial charge in [-0.15, -0.1) is 0 Å². The smallest absolute Gasteiger partial charge is 0.0730 e. The van der Waals surface area contributed by atoms with Crippen LogP contribution in [0.4, 0.5) is 0 Å². The molecule has 0 saturated heterocycles. The summed E-state index contributed by atoms with van der Waals surface area (Å²) in [6.45, 7) is 4.74. The Morgan fingerprint density at radius 2 is 2.00 bits per heavy atom. The predicted octanol–water partition coefficient (Wildman–Crippen LogP) is 4.46. The van der Waals surface area contributed by atoms with E-state index in [2.05, 4.69) is 34.6 Å². The molecule has 90 valence electrons. The Labute approximate surface area is 124 Å².